The van der Waals surface area contributed by atoms with Gasteiger partial charge in [0.1, 0.15) is 12.3 Å². The van der Waals surface area contributed by atoms with Crippen molar-refractivity contribution in [3.8, 4) is 5.75 Å². The zero-order chi connectivity index (χ0) is 20.4. The van der Waals surface area contributed by atoms with Crippen molar-refractivity contribution in [2.75, 3.05) is 13.2 Å². The van der Waals surface area contributed by atoms with Gasteiger partial charge in [0.15, 0.2) is 0 Å². The Morgan fingerprint density at radius 3 is 2.21 bits per heavy atom. The Bertz CT molecular complexity index is 804. The minimum atomic E-state index is -0.551. The zero-order valence-corrected chi connectivity index (χ0v) is 15.9. The predicted octanol–water partition coefficient (Wildman–Crippen LogP) is 1.65. The van der Waals surface area contributed by atoms with E-state index in [4.69, 9.17) is 4.74 Å². The molecular weight excluding hydrogens is 360 g/mol. The van der Waals surface area contributed by atoms with Gasteiger partial charge in [-0.05, 0) is 43.7 Å². The highest BCUT2D eigenvalue weighted by atomic mass is 16.5. The number of carbonyl (C=O) groups is 3. The lowest BCUT2D eigenvalue weighted by atomic mass is 10.1. The fourth-order valence-corrected chi connectivity index (χ4v) is 2.22. The number of urea groups is 1. The molecule has 4 amide bonds. The lowest BCUT2D eigenvalue weighted by molar-refractivity contribution is -0.120. The molecule has 8 heteroatoms. The van der Waals surface area contributed by atoms with Crippen LogP contribution in [0.15, 0.2) is 48.5 Å². The second-order valence-electron chi connectivity index (χ2n) is 5.98. The van der Waals surface area contributed by atoms with Crippen LogP contribution in [0, 0.1) is 6.92 Å². The van der Waals surface area contributed by atoms with Crippen LogP contribution < -0.4 is 26.2 Å². The Balaban J connectivity index is 1.66. The number of ether oxygens (including phenoxy) is 1. The van der Waals surface area contributed by atoms with Crippen molar-refractivity contribution in [1.82, 2.24) is 21.5 Å². The maximum absolute atomic E-state index is 12.0. The summed E-state index contributed by atoms with van der Waals surface area (Å²) in [5, 5.41) is 5.07. The molecule has 2 rings (SSSR count). The number of carbonyl (C=O) groups excluding carboxylic acids is 3. The van der Waals surface area contributed by atoms with Gasteiger partial charge in [-0.25, -0.2) is 4.79 Å². The van der Waals surface area contributed by atoms with E-state index in [2.05, 4.69) is 21.5 Å². The lowest BCUT2D eigenvalue weighted by Gasteiger charge is -2.10. The molecule has 0 heterocycles. The molecule has 28 heavy (non-hydrogen) atoms. The second-order valence-corrected chi connectivity index (χ2v) is 5.98. The van der Waals surface area contributed by atoms with Gasteiger partial charge < -0.3 is 15.4 Å². The standard InChI is InChI=1S/C20H24N4O4/c1-3-28-17-10-8-16(9-11-17)19(26)24-23-18(25)13-22-20(27)21-12-15-6-4-14(2)5-7-15/h4-11H,3,12-13H2,1-2H3,(H,23,25)(H,24,26)(H2,21,22,27). The van der Waals surface area contributed by atoms with Crippen LogP contribution in [0.25, 0.3) is 0 Å². The van der Waals surface area contributed by atoms with Crippen LogP contribution in [-0.2, 0) is 11.3 Å². The molecule has 0 aliphatic heterocycles. The van der Waals surface area contributed by atoms with Crippen LogP contribution in [0.4, 0.5) is 4.79 Å². The maximum Gasteiger partial charge on any atom is 0.315 e. The molecule has 148 valence electrons. The molecule has 4 N–H and O–H groups in total. The first kappa shape index (κ1) is 20.8. The number of amides is 4. The van der Waals surface area contributed by atoms with E-state index in [9.17, 15) is 14.4 Å². The SMILES string of the molecule is CCOc1ccc(C(=O)NNC(=O)CNC(=O)NCc2ccc(C)cc2)cc1. The first-order valence-electron chi connectivity index (χ1n) is 8.87. The number of aryl methyl sites for hydroxylation is 1. The van der Waals surface area contributed by atoms with E-state index < -0.39 is 17.8 Å². The van der Waals surface area contributed by atoms with Crippen molar-refractivity contribution in [2.45, 2.75) is 20.4 Å². The highest BCUT2D eigenvalue weighted by molar-refractivity contribution is 5.95. The van der Waals surface area contributed by atoms with Crippen molar-refractivity contribution in [3.63, 3.8) is 0 Å². The summed E-state index contributed by atoms with van der Waals surface area (Å²) in [5.74, 6) is -0.367. The minimum Gasteiger partial charge on any atom is -0.494 e. The van der Waals surface area contributed by atoms with Crippen LogP contribution >= 0.6 is 0 Å². The molecule has 0 saturated heterocycles. The third kappa shape index (κ3) is 6.99. The van der Waals surface area contributed by atoms with Crippen molar-refractivity contribution in [1.29, 1.82) is 0 Å². The highest BCUT2D eigenvalue weighted by Gasteiger charge is 2.09. The van der Waals surface area contributed by atoms with Crippen LogP contribution in [0.2, 0.25) is 0 Å². The van der Waals surface area contributed by atoms with Gasteiger partial charge in [0, 0.05) is 12.1 Å². The average molecular weight is 384 g/mol. The summed E-state index contributed by atoms with van der Waals surface area (Å²) in [6, 6.07) is 13.8. The normalized spacial score (nSPS) is 9.93. The quantitative estimate of drug-likeness (QED) is 0.544. The smallest absolute Gasteiger partial charge is 0.315 e. The number of benzene rings is 2. The number of hydrazine groups is 1. The van der Waals surface area contributed by atoms with Gasteiger partial charge in [-0.2, -0.15) is 0 Å². The summed E-state index contributed by atoms with van der Waals surface area (Å²) in [4.78, 5) is 35.5. The van der Waals surface area contributed by atoms with Gasteiger partial charge in [-0.1, -0.05) is 29.8 Å². The van der Waals surface area contributed by atoms with Gasteiger partial charge in [0.2, 0.25) is 0 Å². The number of hydrogen-bond donors (Lipinski definition) is 4. The van der Waals surface area contributed by atoms with E-state index in [1.54, 1.807) is 24.3 Å². The van der Waals surface area contributed by atoms with Gasteiger partial charge in [0.25, 0.3) is 11.8 Å². The Labute approximate surface area is 163 Å². The van der Waals surface area contributed by atoms with Gasteiger partial charge in [0.05, 0.1) is 6.61 Å². The van der Waals surface area contributed by atoms with E-state index in [1.807, 2.05) is 38.1 Å². The molecule has 0 aliphatic rings. The molecule has 0 unspecified atom stereocenters. The maximum atomic E-state index is 12.0. The van der Waals surface area contributed by atoms with Crippen molar-refractivity contribution < 1.29 is 19.1 Å². The van der Waals surface area contributed by atoms with E-state index in [0.29, 0.717) is 24.5 Å². The second kappa shape index (κ2) is 10.6. The molecule has 0 saturated carbocycles. The molecule has 0 aliphatic carbocycles. The predicted molar refractivity (Wildman–Crippen MR) is 105 cm³/mol. The van der Waals surface area contributed by atoms with E-state index in [0.717, 1.165) is 11.1 Å². The third-order valence-corrected chi connectivity index (χ3v) is 3.73. The van der Waals surface area contributed by atoms with Gasteiger partial charge in [-0.15, -0.1) is 0 Å². The summed E-state index contributed by atoms with van der Waals surface area (Å²) in [6.45, 7) is 4.46. The molecule has 2 aromatic rings. The van der Waals surface area contributed by atoms with Crippen LogP contribution in [0.3, 0.4) is 0 Å². The third-order valence-electron chi connectivity index (χ3n) is 3.73. The van der Waals surface area contributed by atoms with Crippen LogP contribution in [0.5, 0.6) is 5.75 Å². The Hall–Kier alpha value is -3.55. The molecule has 8 nitrogen and oxygen atoms in total. The Kier molecular flexibility index (Phi) is 7.83. The molecule has 0 spiro atoms. The minimum absolute atomic E-state index is 0.275. The van der Waals surface area contributed by atoms with Crippen LogP contribution in [0.1, 0.15) is 28.4 Å². The summed E-state index contributed by atoms with van der Waals surface area (Å²) < 4.78 is 5.30. The van der Waals surface area contributed by atoms with Crippen molar-refractivity contribution in [3.05, 3.63) is 65.2 Å². The molecule has 0 atom stereocenters. The van der Waals surface area contributed by atoms with E-state index in [1.165, 1.54) is 0 Å². The van der Waals surface area contributed by atoms with Gasteiger partial charge >= 0.3 is 6.03 Å². The summed E-state index contributed by atoms with van der Waals surface area (Å²) in [5.41, 5.74) is 6.99. The molecule has 2 aromatic carbocycles. The molecule has 0 aromatic heterocycles. The topological polar surface area (TPSA) is 109 Å². The fraction of sp³-hybridized carbons (Fsp3) is 0.250. The van der Waals surface area contributed by atoms with E-state index >= 15 is 0 Å². The van der Waals surface area contributed by atoms with Crippen molar-refractivity contribution >= 4 is 17.8 Å². The number of nitrogens with one attached hydrogen (secondary N) is 4. The number of rotatable bonds is 7. The lowest BCUT2D eigenvalue weighted by Crippen LogP contribution is -2.47. The zero-order valence-electron chi connectivity index (χ0n) is 15.9. The average Bonchev–Trinajstić information content (AvgIpc) is 2.71. The molecule has 0 bridgehead atoms. The Morgan fingerprint density at radius 1 is 0.893 bits per heavy atom. The summed E-state index contributed by atoms with van der Waals surface area (Å²) in [6.07, 6.45) is 0. The fourth-order valence-electron chi connectivity index (χ4n) is 2.22. The summed E-state index contributed by atoms with van der Waals surface area (Å²) >= 11 is 0. The largest absolute Gasteiger partial charge is 0.494 e. The van der Waals surface area contributed by atoms with Crippen molar-refractivity contribution in [2.24, 2.45) is 0 Å². The number of hydrogen-bond acceptors (Lipinski definition) is 4. The molecule has 0 radical (unpaired) electrons. The first-order chi connectivity index (χ1) is 13.5. The molecule has 0 fully saturated rings. The first-order valence-corrected chi connectivity index (χ1v) is 8.87. The summed E-state index contributed by atoms with van der Waals surface area (Å²) in [7, 11) is 0. The Morgan fingerprint density at radius 2 is 1.57 bits per heavy atom. The van der Waals surface area contributed by atoms with E-state index in [-0.39, 0.29) is 6.54 Å². The monoisotopic (exact) mass is 384 g/mol. The van der Waals surface area contributed by atoms with Crippen LogP contribution in [-0.4, -0.2) is 31.0 Å². The highest BCUT2D eigenvalue weighted by Crippen LogP contribution is 2.11. The van der Waals surface area contributed by atoms with Gasteiger partial charge in [-0.3, -0.25) is 20.4 Å². The molecular formula is C20H24N4O4.